The fraction of sp³-hybridized carbons (Fsp3) is 0.429. The molecule has 5 nitrogen and oxygen atoms in total. The molecule has 0 spiro atoms. The Kier molecular flexibility index (Phi) is 2.82. The molecule has 0 atom stereocenters. The van der Waals surface area contributed by atoms with Gasteiger partial charge in [-0.3, -0.25) is 4.79 Å². The Balaban J connectivity index is 2.85. The van der Waals surface area contributed by atoms with Gasteiger partial charge in [0.1, 0.15) is 0 Å². The van der Waals surface area contributed by atoms with Crippen LogP contribution in [0.15, 0.2) is 17.2 Å². The smallest absolute Gasteiger partial charge is 0.293 e. The van der Waals surface area contributed by atoms with Crippen molar-refractivity contribution in [1.29, 1.82) is 0 Å². The molecule has 1 aromatic rings. The Morgan fingerprint density at radius 1 is 1.75 bits per heavy atom. The zero-order valence-corrected chi connectivity index (χ0v) is 6.95. The molecule has 0 fully saturated rings. The van der Waals surface area contributed by atoms with Gasteiger partial charge in [-0.2, -0.15) is 0 Å². The van der Waals surface area contributed by atoms with E-state index in [1.807, 2.05) is 0 Å². The molecule has 1 aromatic heterocycles. The van der Waals surface area contributed by atoms with Crippen molar-refractivity contribution >= 4 is 5.82 Å². The molecule has 0 aromatic carbocycles. The van der Waals surface area contributed by atoms with Crippen molar-refractivity contribution in [1.82, 2.24) is 9.55 Å². The first-order valence-corrected chi connectivity index (χ1v) is 3.71. The van der Waals surface area contributed by atoms with Crippen molar-refractivity contribution in [3.63, 3.8) is 0 Å². The average Bonchev–Trinajstić information content (AvgIpc) is 2.08. The van der Waals surface area contributed by atoms with Crippen LogP contribution in [0.1, 0.15) is 0 Å². The predicted octanol–water partition coefficient (Wildman–Crippen LogP) is -0.849. The standard InChI is InChI=1S/C7H12N4O/c1-11-5-4-10-6(7(11)12)9-3-2-8/h4-5H,2-3,8H2,1H3,(H,9,10). The maximum absolute atomic E-state index is 11.3. The third-order valence-electron chi connectivity index (χ3n) is 1.45. The normalized spacial score (nSPS) is 9.83. The molecule has 0 saturated heterocycles. The van der Waals surface area contributed by atoms with E-state index in [2.05, 4.69) is 10.3 Å². The van der Waals surface area contributed by atoms with Crippen molar-refractivity contribution < 1.29 is 0 Å². The van der Waals surface area contributed by atoms with E-state index in [9.17, 15) is 4.79 Å². The molecule has 5 heteroatoms. The average molecular weight is 168 g/mol. The third-order valence-corrected chi connectivity index (χ3v) is 1.45. The first-order chi connectivity index (χ1) is 5.75. The van der Waals surface area contributed by atoms with Crippen molar-refractivity contribution in [2.24, 2.45) is 12.8 Å². The van der Waals surface area contributed by atoms with Crippen molar-refractivity contribution in [3.8, 4) is 0 Å². The van der Waals surface area contributed by atoms with Crippen molar-refractivity contribution in [2.45, 2.75) is 0 Å². The second-order valence-corrected chi connectivity index (χ2v) is 2.41. The summed E-state index contributed by atoms with van der Waals surface area (Å²) < 4.78 is 1.46. The van der Waals surface area contributed by atoms with Gasteiger partial charge in [0.05, 0.1) is 0 Å². The summed E-state index contributed by atoms with van der Waals surface area (Å²) in [5.41, 5.74) is 5.13. The summed E-state index contributed by atoms with van der Waals surface area (Å²) in [4.78, 5) is 15.1. The van der Waals surface area contributed by atoms with Crippen LogP contribution >= 0.6 is 0 Å². The Morgan fingerprint density at radius 2 is 2.50 bits per heavy atom. The van der Waals surface area contributed by atoms with Crippen LogP contribution in [0, 0.1) is 0 Å². The van der Waals surface area contributed by atoms with Crippen molar-refractivity contribution in [2.75, 3.05) is 18.4 Å². The SMILES string of the molecule is Cn1ccnc(NCCN)c1=O. The van der Waals surface area contributed by atoms with Crippen molar-refractivity contribution in [3.05, 3.63) is 22.7 Å². The second-order valence-electron chi connectivity index (χ2n) is 2.41. The van der Waals surface area contributed by atoms with Crippen LogP contribution in [0.25, 0.3) is 0 Å². The fourth-order valence-corrected chi connectivity index (χ4v) is 0.810. The highest BCUT2D eigenvalue weighted by molar-refractivity contribution is 5.30. The lowest BCUT2D eigenvalue weighted by molar-refractivity contribution is 0.838. The highest BCUT2D eigenvalue weighted by Gasteiger charge is 1.98. The maximum atomic E-state index is 11.3. The van der Waals surface area contributed by atoms with Crippen LogP contribution in [0.3, 0.4) is 0 Å². The zero-order valence-electron chi connectivity index (χ0n) is 6.95. The van der Waals surface area contributed by atoms with Gasteiger partial charge in [0.2, 0.25) is 0 Å². The number of nitrogens with zero attached hydrogens (tertiary/aromatic N) is 2. The minimum atomic E-state index is -0.133. The summed E-state index contributed by atoms with van der Waals surface area (Å²) >= 11 is 0. The van der Waals surface area contributed by atoms with Gasteiger partial charge in [-0.1, -0.05) is 0 Å². The monoisotopic (exact) mass is 168 g/mol. The number of hydrogen-bond acceptors (Lipinski definition) is 4. The van der Waals surface area contributed by atoms with Gasteiger partial charge in [0.25, 0.3) is 5.56 Å². The highest BCUT2D eigenvalue weighted by atomic mass is 16.1. The summed E-state index contributed by atoms with van der Waals surface area (Å²) in [6.45, 7) is 1.05. The van der Waals surface area contributed by atoms with E-state index in [4.69, 9.17) is 5.73 Å². The molecule has 12 heavy (non-hydrogen) atoms. The molecular formula is C7H12N4O. The number of nitrogens with one attached hydrogen (secondary N) is 1. The molecule has 0 bridgehead atoms. The zero-order chi connectivity index (χ0) is 8.97. The summed E-state index contributed by atoms with van der Waals surface area (Å²) in [7, 11) is 1.68. The number of rotatable bonds is 3. The summed E-state index contributed by atoms with van der Waals surface area (Å²) in [6, 6.07) is 0. The van der Waals surface area contributed by atoms with Gasteiger partial charge in [-0.15, -0.1) is 0 Å². The largest absolute Gasteiger partial charge is 0.364 e. The fourth-order valence-electron chi connectivity index (χ4n) is 0.810. The molecule has 0 aliphatic rings. The minimum Gasteiger partial charge on any atom is -0.364 e. The second kappa shape index (κ2) is 3.87. The first-order valence-electron chi connectivity index (χ1n) is 3.71. The lowest BCUT2D eigenvalue weighted by Crippen LogP contribution is -2.24. The third kappa shape index (κ3) is 1.82. The topological polar surface area (TPSA) is 72.9 Å². The van der Waals surface area contributed by atoms with Crippen LogP contribution in [0.5, 0.6) is 0 Å². The molecule has 0 aliphatic carbocycles. The van der Waals surface area contributed by atoms with E-state index in [1.165, 1.54) is 4.57 Å². The van der Waals surface area contributed by atoms with Gasteiger partial charge in [0, 0.05) is 32.5 Å². The Labute approximate surface area is 70.2 Å². The van der Waals surface area contributed by atoms with Gasteiger partial charge in [-0.25, -0.2) is 4.98 Å². The van der Waals surface area contributed by atoms with Crippen LogP contribution in [-0.2, 0) is 7.05 Å². The van der Waals surface area contributed by atoms with E-state index in [-0.39, 0.29) is 5.56 Å². The van der Waals surface area contributed by atoms with Crippen LogP contribution in [-0.4, -0.2) is 22.6 Å². The summed E-state index contributed by atoms with van der Waals surface area (Å²) in [5.74, 6) is 0.352. The Morgan fingerprint density at radius 3 is 3.17 bits per heavy atom. The van der Waals surface area contributed by atoms with Gasteiger partial charge in [-0.05, 0) is 0 Å². The molecule has 0 aliphatic heterocycles. The Hall–Kier alpha value is -1.36. The van der Waals surface area contributed by atoms with E-state index in [0.29, 0.717) is 18.9 Å². The maximum Gasteiger partial charge on any atom is 0.293 e. The molecule has 0 amide bonds. The number of hydrogen-bond donors (Lipinski definition) is 2. The predicted molar refractivity (Wildman–Crippen MR) is 47.0 cm³/mol. The van der Waals surface area contributed by atoms with E-state index in [1.54, 1.807) is 19.4 Å². The molecule has 66 valence electrons. The van der Waals surface area contributed by atoms with Crippen LogP contribution in [0.2, 0.25) is 0 Å². The summed E-state index contributed by atoms with van der Waals surface area (Å²) in [5, 5.41) is 2.83. The van der Waals surface area contributed by atoms with E-state index < -0.39 is 0 Å². The summed E-state index contributed by atoms with van der Waals surface area (Å²) in [6.07, 6.45) is 3.18. The molecule has 0 radical (unpaired) electrons. The van der Waals surface area contributed by atoms with Gasteiger partial charge >= 0.3 is 0 Å². The molecule has 0 saturated carbocycles. The first kappa shape index (κ1) is 8.73. The number of aromatic nitrogens is 2. The number of aryl methyl sites for hydroxylation is 1. The van der Waals surface area contributed by atoms with E-state index >= 15 is 0 Å². The van der Waals surface area contributed by atoms with Crippen LogP contribution in [0.4, 0.5) is 5.82 Å². The molecule has 3 N–H and O–H groups in total. The number of anilines is 1. The molecule has 0 unspecified atom stereocenters. The minimum absolute atomic E-state index is 0.133. The van der Waals surface area contributed by atoms with Gasteiger partial charge in [0.15, 0.2) is 5.82 Å². The molecule has 1 heterocycles. The molecule has 1 rings (SSSR count). The molecular weight excluding hydrogens is 156 g/mol. The van der Waals surface area contributed by atoms with E-state index in [0.717, 1.165) is 0 Å². The highest BCUT2D eigenvalue weighted by Crippen LogP contribution is 1.88. The quantitative estimate of drug-likeness (QED) is 0.616. The lowest BCUT2D eigenvalue weighted by Gasteiger charge is -2.03. The Bertz CT molecular complexity index is 307. The van der Waals surface area contributed by atoms with Crippen LogP contribution < -0.4 is 16.6 Å². The number of nitrogens with two attached hydrogens (primary N) is 1. The lowest BCUT2D eigenvalue weighted by atomic mass is 10.5. The van der Waals surface area contributed by atoms with Gasteiger partial charge < -0.3 is 15.6 Å².